The minimum Gasteiger partial charge on any atom is -0.298 e. The van der Waals surface area contributed by atoms with Crippen LogP contribution in [0.25, 0.3) is 0 Å². The smallest absolute Gasteiger partial charge is 0.146 e. The first-order valence-corrected chi connectivity index (χ1v) is 6.50. The highest BCUT2D eigenvalue weighted by Gasteiger charge is 2.29. The Hall–Kier alpha value is -0.540. The second-order valence-electron chi connectivity index (χ2n) is 4.02. The SMILES string of the molecule is CC1SC(Cc2ccc(F)c(Cl)c2)CC1=O. The monoisotopic (exact) mass is 258 g/mol. The first-order valence-electron chi connectivity index (χ1n) is 5.18. The molecule has 2 rings (SSSR count). The third-order valence-corrected chi connectivity index (χ3v) is 4.41. The molecule has 0 N–H and O–H groups in total. The Bertz CT molecular complexity index is 421. The predicted molar refractivity (Wildman–Crippen MR) is 65.6 cm³/mol. The lowest BCUT2D eigenvalue weighted by Crippen LogP contribution is -2.05. The summed E-state index contributed by atoms with van der Waals surface area (Å²) < 4.78 is 12.9. The third-order valence-electron chi connectivity index (χ3n) is 2.73. The molecule has 0 amide bonds. The fraction of sp³-hybridized carbons (Fsp3) is 0.417. The Labute approximate surface area is 103 Å². The summed E-state index contributed by atoms with van der Waals surface area (Å²) in [6.45, 7) is 1.94. The molecule has 4 heteroatoms. The zero-order valence-electron chi connectivity index (χ0n) is 8.87. The van der Waals surface area contributed by atoms with Crippen molar-refractivity contribution in [2.45, 2.75) is 30.3 Å². The minimum absolute atomic E-state index is 0.0981. The van der Waals surface area contributed by atoms with Gasteiger partial charge in [0, 0.05) is 11.7 Å². The van der Waals surface area contributed by atoms with E-state index >= 15 is 0 Å². The second kappa shape index (κ2) is 4.76. The van der Waals surface area contributed by atoms with E-state index in [1.807, 2.05) is 6.92 Å². The predicted octanol–water partition coefficient (Wildman–Crippen LogP) is 3.48. The van der Waals surface area contributed by atoms with Gasteiger partial charge in [-0.1, -0.05) is 17.7 Å². The average molecular weight is 259 g/mol. The molecule has 0 saturated carbocycles. The lowest BCUT2D eigenvalue weighted by atomic mass is 10.1. The highest BCUT2D eigenvalue weighted by atomic mass is 35.5. The normalized spacial score (nSPS) is 25.1. The van der Waals surface area contributed by atoms with Crippen molar-refractivity contribution in [1.82, 2.24) is 0 Å². The highest BCUT2D eigenvalue weighted by Crippen LogP contribution is 2.33. The summed E-state index contributed by atoms with van der Waals surface area (Å²) in [5.74, 6) is -0.0860. The molecule has 1 fully saturated rings. The van der Waals surface area contributed by atoms with Gasteiger partial charge >= 0.3 is 0 Å². The number of hydrogen-bond acceptors (Lipinski definition) is 2. The molecule has 16 heavy (non-hydrogen) atoms. The number of hydrogen-bond donors (Lipinski definition) is 0. The van der Waals surface area contributed by atoms with Crippen LogP contribution in [-0.2, 0) is 11.2 Å². The summed E-state index contributed by atoms with van der Waals surface area (Å²) in [5.41, 5.74) is 0.991. The van der Waals surface area contributed by atoms with Crippen molar-refractivity contribution in [2.24, 2.45) is 0 Å². The molecule has 0 bridgehead atoms. The van der Waals surface area contributed by atoms with Crippen LogP contribution < -0.4 is 0 Å². The van der Waals surface area contributed by atoms with Crippen LogP contribution in [0.1, 0.15) is 18.9 Å². The van der Waals surface area contributed by atoms with Crippen molar-refractivity contribution in [3.8, 4) is 0 Å². The van der Waals surface area contributed by atoms with Crippen LogP contribution in [0.15, 0.2) is 18.2 Å². The molecule has 1 aromatic carbocycles. The van der Waals surface area contributed by atoms with E-state index in [1.54, 1.807) is 23.9 Å². The van der Waals surface area contributed by atoms with Crippen LogP contribution in [0.4, 0.5) is 4.39 Å². The molecular formula is C12H12ClFOS. The lowest BCUT2D eigenvalue weighted by molar-refractivity contribution is -0.117. The Balaban J connectivity index is 2.05. The minimum atomic E-state index is -0.395. The molecule has 1 aromatic rings. The van der Waals surface area contributed by atoms with Gasteiger partial charge in [-0.15, -0.1) is 11.8 Å². The van der Waals surface area contributed by atoms with Gasteiger partial charge in [0.1, 0.15) is 11.6 Å². The highest BCUT2D eigenvalue weighted by molar-refractivity contribution is 8.01. The molecule has 86 valence electrons. The Morgan fingerprint density at radius 2 is 2.31 bits per heavy atom. The van der Waals surface area contributed by atoms with Crippen molar-refractivity contribution in [3.05, 3.63) is 34.6 Å². The van der Waals surface area contributed by atoms with E-state index in [0.717, 1.165) is 12.0 Å². The summed E-state index contributed by atoms with van der Waals surface area (Å²) in [6, 6.07) is 4.75. The van der Waals surface area contributed by atoms with Crippen LogP contribution in [0.3, 0.4) is 0 Å². The summed E-state index contributed by atoms with van der Waals surface area (Å²) in [7, 11) is 0. The molecule has 0 radical (unpaired) electrons. The molecule has 1 saturated heterocycles. The van der Waals surface area contributed by atoms with E-state index in [9.17, 15) is 9.18 Å². The van der Waals surface area contributed by atoms with Crippen molar-refractivity contribution in [3.63, 3.8) is 0 Å². The van der Waals surface area contributed by atoms with Gasteiger partial charge in [-0.2, -0.15) is 0 Å². The fourth-order valence-electron chi connectivity index (χ4n) is 1.85. The molecule has 1 heterocycles. The molecule has 1 nitrogen and oxygen atoms in total. The van der Waals surface area contributed by atoms with Crippen molar-refractivity contribution >= 4 is 29.1 Å². The maximum atomic E-state index is 12.9. The van der Waals surface area contributed by atoms with E-state index in [1.165, 1.54) is 6.07 Å². The first kappa shape index (κ1) is 11.9. The number of carbonyl (C=O) groups excluding carboxylic acids is 1. The number of ketones is 1. The van der Waals surface area contributed by atoms with Crippen LogP contribution >= 0.6 is 23.4 Å². The fourth-order valence-corrected chi connectivity index (χ4v) is 3.43. The van der Waals surface area contributed by atoms with Gasteiger partial charge in [0.2, 0.25) is 0 Å². The molecule has 2 unspecified atom stereocenters. The maximum Gasteiger partial charge on any atom is 0.146 e. The van der Waals surface area contributed by atoms with Crippen LogP contribution in [0.5, 0.6) is 0 Å². The lowest BCUT2D eigenvalue weighted by Gasteiger charge is -2.08. The van der Waals surface area contributed by atoms with Gasteiger partial charge < -0.3 is 0 Å². The van der Waals surface area contributed by atoms with Crippen molar-refractivity contribution in [1.29, 1.82) is 0 Å². The van der Waals surface area contributed by atoms with Gasteiger partial charge in [-0.25, -0.2) is 4.39 Å². The Morgan fingerprint density at radius 3 is 2.88 bits per heavy atom. The molecule has 0 aliphatic carbocycles. The Kier molecular flexibility index (Phi) is 3.55. The van der Waals surface area contributed by atoms with Crippen LogP contribution in [0, 0.1) is 5.82 Å². The topological polar surface area (TPSA) is 17.1 Å². The standard InChI is InChI=1S/C12H12ClFOS/c1-7-12(15)6-9(16-7)4-8-2-3-11(14)10(13)5-8/h2-3,5,7,9H,4,6H2,1H3. The third kappa shape index (κ3) is 2.58. The quantitative estimate of drug-likeness (QED) is 0.808. The number of carbonyl (C=O) groups is 1. The molecule has 2 atom stereocenters. The van der Waals surface area contributed by atoms with Crippen LogP contribution in [-0.4, -0.2) is 16.3 Å². The van der Waals surface area contributed by atoms with Gasteiger partial charge in [0.05, 0.1) is 10.3 Å². The zero-order valence-corrected chi connectivity index (χ0v) is 10.4. The molecule has 0 aromatic heterocycles. The van der Waals surface area contributed by atoms with E-state index in [-0.39, 0.29) is 10.3 Å². The summed E-state index contributed by atoms with van der Waals surface area (Å²) >= 11 is 7.40. The molecule has 1 aliphatic heterocycles. The van der Waals surface area contributed by atoms with Gasteiger partial charge in [-0.05, 0) is 31.0 Å². The number of thioether (sulfide) groups is 1. The Morgan fingerprint density at radius 1 is 1.56 bits per heavy atom. The van der Waals surface area contributed by atoms with Crippen molar-refractivity contribution in [2.75, 3.05) is 0 Å². The summed E-state index contributed by atoms with van der Waals surface area (Å²) in [6.07, 6.45) is 1.39. The van der Waals surface area contributed by atoms with Crippen LogP contribution in [0.2, 0.25) is 5.02 Å². The van der Waals surface area contributed by atoms with E-state index in [0.29, 0.717) is 17.5 Å². The largest absolute Gasteiger partial charge is 0.298 e. The summed E-state index contributed by atoms with van der Waals surface area (Å²) in [4.78, 5) is 11.4. The van der Waals surface area contributed by atoms with E-state index in [4.69, 9.17) is 11.6 Å². The number of Topliss-reactive ketones (excluding diaryl/α,β-unsaturated/α-hetero) is 1. The van der Waals surface area contributed by atoms with Crippen molar-refractivity contribution < 1.29 is 9.18 Å². The van der Waals surface area contributed by atoms with E-state index < -0.39 is 5.82 Å². The molecular weight excluding hydrogens is 247 g/mol. The van der Waals surface area contributed by atoms with Gasteiger partial charge in [-0.3, -0.25) is 4.79 Å². The number of halogens is 2. The average Bonchev–Trinajstić information content (AvgIpc) is 2.52. The van der Waals surface area contributed by atoms with E-state index in [2.05, 4.69) is 0 Å². The first-order chi connectivity index (χ1) is 7.56. The number of rotatable bonds is 2. The van der Waals surface area contributed by atoms with Gasteiger partial charge in [0.15, 0.2) is 0 Å². The second-order valence-corrected chi connectivity index (χ2v) is 6.08. The molecule has 0 spiro atoms. The molecule has 1 aliphatic rings. The number of benzene rings is 1. The maximum absolute atomic E-state index is 12.9. The van der Waals surface area contributed by atoms with Gasteiger partial charge in [0.25, 0.3) is 0 Å². The summed E-state index contributed by atoms with van der Waals surface area (Å²) in [5, 5.41) is 0.560. The zero-order chi connectivity index (χ0) is 11.7.